The zero-order valence-corrected chi connectivity index (χ0v) is 12.7. The normalized spacial score (nSPS) is 16.3. The fourth-order valence-corrected chi connectivity index (χ4v) is 3.88. The fraction of sp³-hybridized carbons (Fsp3) is 0.188. The number of nitrogens with zero attached hydrogens (tertiary/aromatic N) is 2. The van der Waals surface area contributed by atoms with Crippen molar-refractivity contribution >= 4 is 15.6 Å². The molecule has 1 aromatic carbocycles. The van der Waals surface area contributed by atoms with Gasteiger partial charge in [-0.25, -0.2) is 8.42 Å². The second kappa shape index (κ2) is 5.90. The van der Waals surface area contributed by atoms with E-state index in [1.165, 1.54) is 10.5 Å². The van der Waals surface area contributed by atoms with Gasteiger partial charge in [0.15, 0.2) is 0 Å². The van der Waals surface area contributed by atoms with Crippen molar-refractivity contribution in [2.24, 2.45) is 0 Å². The van der Waals surface area contributed by atoms with E-state index in [4.69, 9.17) is 0 Å². The molecule has 22 heavy (non-hydrogen) atoms. The van der Waals surface area contributed by atoms with E-state index < -0.39 is 10.0 Å². The van der Waals surface area contributed by atoms with Gasteiger partial charge in [-0.15, -0.1) is 0 Å². The van der Waals surface area contributed by atoms with Crippen molar-refractivity contribution in [1.82, 2.24) is 9.29 Å². The van der Waals surface area contributed by atoms with Gasteiger partial charge in [0.1, 0.15) is 5.75 Å². The Morgan fingerprint density at radius 2 is 1.91 bits per heavy atom. The minimum absolute atomic E-state index is 0.109. The number of hydrogen-bond donors (Lipinski definition) is 1. The maximum Gasteiger partial charge on any atom is 0.243 e. The van der Waals surface area contributed by atoms with Crippen molar-refractivity contribution in [2.75, 3.05) is 13.1 Å². The van der Waals surface area contributed by atoms with Gasteiger partial charge in [0, 0.05) is 19.3 Å². The maximum absolute atomic E-state index is 12.5. The van der Waals surface area contributed by atoms with Gasteiger partial charge in [-0.3, -0.25) is 4.98 Å². The van der Waals surface area contributed by atoms with Crippen LogP contribution >= 0.6 is 0 Å². The molecule has 5 nitrogen and oxygen atoms in total. The standard InChI is InChI=1S/C16H16N2O3S/c19-15-10-14(11-17-12-15)13-6-8-18(9-7-13)22(20,21)16-4-2-1-3-5-16/h1-6,10-12,19H,7-9H2. The third kappa shape index (κ3) is 2.88. The van der Waals surface area contributed by atoms with Crippen LogP contribution in [0.1, 0.15) is 12.0 Å². The predicted molar refractivity (Wildman–Crippen MR) is 83.7 cm³/mol. The first kappa shape index (κ1) is 14.7. The van der Waals surface area contributed by atoms with Gasteiger partial charge < -0.3 is 5.11 Å². The molecule has 0 aliphatic carbocycles. The SMILES string of the molecule is O=S(=O)(c1ccccc1)N1CC=C(c2cncc(O)c2)CC1. The number of aromatic hydroxyl groups is 1. The van der Waals surface area contributed by atoms with Gasteiger partial charge in [0.05, 0.1) is 11.1 Å². The van der Waals surface area contributed by atoms with E-state index in [1.807, 2.05) is 6.08 Å². The second-order valence-corrected chi connectivity index (χ2v) is 7.03. The molecule has 0 unspecified atom stereocenters. The zero-order valence-electron chi connectivity index (χ0n) is 11.9. The molecule has 0 fully saturated rings. The van der Waals surface area contributed by atoms with Crippen LogP contribution in [-0.4, -0.2) is 35.9 Å². The van der Waals surface area contributed by atoms with Crippen molar-refractivity contribution in [3.05, 3.63) is 60.4 Å². The van der Waals surface area contributed by atoms with Crippen molar-refractivity contribution in [3.63, 3.8) is 0 Å². The molecule has 0 radical (unpaired) electrons. The van der Waals surface area contributed by atoms with Crippen molar-refractivity contribution in [1.29, 1.82) is 0 Å². The molecule has 1 aromatic heterocycles. The highest BCUT2D eigenvalue weighted by molar-refractivity contribution is 7.89. The lowest BCUT2D eigenvalue weighted by Crippen LogP contribution is -2.34. The highest BCUT2D eigenvalue weighted by Gasteiger charge is 2.26. The van der Waals surface area contributed by atoms with E-state index in [0.29, 0.717) is 24.4 Å². The predicted octanol–water partition coefficient (Wildman–Crippen LogP) is 2.27. The summed E-state index contributed by atoms with van der Waals surface area (Å²) in [6, 6.07) is 10.1. The monoisotopic (exact) mass is 316 g/mol. The van der Waals surface area contributed by atoms with Gasteiger partial charge in [-0.05, 0) is 35.8 Å². The molecular formula is C16H16N2O3S. The summed E-state index contributed by atoms with van der Waals surface area (Å²) in [4.78, 5) is 4.26. The molecule has 0 saturated heterocycles. The summed E-state index contributed by atoms with van der Waals surface area (Å²) in [5, 5.41) is 9.48. The summed E-state index contributed by atoms with van der Waals surface area (Å²) in [5.74, 6) is 0.109. The zero-order chi connectivity index (χ0) is 15.6. The third-order valence-corrected chi connectivity index (χ3v) is 5.53. The average Bonchev–Trinajstić information content (AvgIpc) is 2.56. The molecule has 2 heterocycles. The van der Waals surface area contributed by atoms with Crippen molar-refractivity contribution in [2.45, 2.75) is 11.3 Å². The summed E-state index contributed by atoms with van der Waals surface area (Å²) in [6.07, 6.45) is 5.52. The summed E-state index contributed by atoms with van der Waals surface area (Å²) in [6.45, 7) is 0.737. The van der Waals surface area contributed by atoms with Crippen LogP contribution in [0.15, 0.2) is 59.8 Å². The van der Waals surface area contributed by atoms with Crippen LogP contribution in [0.5, 0.6) is 5.75 Å². The highest BCUT2D eigenvalue weighted by atomic mass is 32.2. The Bertz CT molecular complexity index is 801. The first-order valence-corrected chi connectivity index (χ1v) is 8.40. The van der Waals surface area contributed by atoms with Crippen LogP contribution in [0.2, 0.25) is 0 Å². The molecule has 0 saturated carbocycles. The molecule has 0 spiro atoms. The van der Waals surface area contributed by atoms with Crippen LogP contribution < -0.4 is 0 Å². The number of pyridine rings is 1. The Balaban J connectivity index is 1.82. The molecule has 1 N–H and O–H groups in total. The lowest BCUT2D eigenvalue weighted by molar-refractivity contribution is 0.441. The van der Waals surface area contributed by atoms with Crippen LogP contribution in [0.3, 0.4) is 0 Å². The van der Waals surface area contributed by atoms with E-state index in [9.17, 15) is 13.5 Å². The summed E-state index contributed by atoms with van der Waals surface area (Å²) >= 11 is 0. The number of aromatic nitrogens is 1. The molecule has 6 heteroatoms. The lowest BCUT2D eigenvalue weighted by atomic mass is 10.0. The highest BCUT2D eigenvalue weighted by Crippen LogP contribution is 2.26. The first-order valence-electron chi connectivity index (χ1n) is 6.96. The maximum atomic E-state index is 12.5. The molecular weight excluding hydrogens is 300 g/mol. The van der Waals surface area contributed by atoms with Gasteiger partial charge in [-0.2, -0.15) is 4.31 Å². The molecule has 1 aliphatic rings. The molecule has 2 aromatic rings. The minimum atomic E-state index is -3.45. The number of benzene rings is 1. The quantitative estimate of drug-likeness (QED) is 0.943. The second-order valence-electron chi connectivity index (χ2n) is 5.09. The Morgan fingerprint density at radius 1 is 1.14 bits per heavy atom. The topological polar surface area (TPSA) is 70.5 Å². The number of sulfonamides is 1. The summed E-state index contributed by atoms with van der Waals surface area (Å²) in [7, 11) is -3.45. The Hall–Kier alpha value is -2.18. The van der Waals surface area contributed by atoms with Crippen LogP contribution in [-0.2, 0) is 10.0 Å². The van der Waals surface area contributed by atoms with E-state index >= 15 is 0 Å². The Morgan fingerprint density at radius 3 is 2.55 bits per heavy atom. The molecule has 114 valence electrons. The smallest absolute Gasteiger partial charge is 0.243 e. The van der Waals surface area contributed by atoms with Crippen LogP contribution in [0, 0.1) is 0 Å². The third-order valence-electron chi connectivity index (χ3n) is 3.65. The van der Waals surface area contributed by atoms with Crippen LogP contribution in [0.4, 0.5) is 0 Å². The van der Waals surface area contributed by atoms with E-state index in [-0.39, 0.29) is 5.75 Å². The largest absolute Gasteiger partial charge is 0.506 e. The minimum Gasteiger partial charge on any atom is -0.506 e. The van der Waals surface area contributed by atoms with E-state index in [0.717, 1.165) is 11.1 Å². The fourth-order valence-electron chi connectivity index (χ4n) is 2.48. The van der Waals surface area contributed by atoms with Crippen molar-refractivity contribution < 1.29 is 13.5 Å². The number of hydrogen-bond acceptors (Lipinski definition) is 4. The van der Waals surface area contributed by atoms with E-state index in [2.05, 4.69) is 4.98 Å². The van der Waals surface area contributed by atoms with Gasteiger partial charge in [-0.1, -0.05) is 24.3 Å². The van der Waals surface area contributed by atoms with Crippen LogP contribution in [0.25, 0.3) is 5.57 Å². The van der Waals surface area contributed by atoms with E-state index in [1.54, 1.807) is 42.6 Å². The van der Waals surface area contributed by atoms with Gasteiger partial charge >= 0.3 is 0 Å². The van der Waals surface area contributed by atoms with Gasteiger partial charge in [0.25, 0.3) is 0 Å². The molecule has 3 rings (SSSR count). The molecule has 0 atom stereocenters. The van der Waals surface area contributed by atoms with Crippen molar-refractivity contribution in [3.8, 4) is 5.75 Å². The summed E-state index contributed by atoms with van der Waals surface area (Å²) < 4.78 is 26.5. The van der Waals surface area contributed by atoms with Gasteiger partial charge in [0.2, 0.25) is 10.0 Å². The Labute approximate surface area is 129 Å². The lowest BCUT2D eigenvalue weighted by Gasteiger charge is -2.26. The average molecular weight is 316 g/mol. The molecule has 0 amide bonds. The number of rotatable bonds is 3. The summed E-state index contributed by atoms with van der Waals surface area (Å²) in [5.41, 5.74) is 1.83. The first-order chi connectivity index (χ1) is 10.6. The Kier molecular flexibility index (Phi) is 3.96. The molecule has 1 aliphatic heterocycles. The molecule has 0 bridgehead atoms.